The molecule has 0 bridgehead atoms. The number of nitrogens with one attached hydrogen (secondary N) is 1. The maximum atomic E-state index is 12.4. The largest absolute Gasteiger partial charge is 0.456 e. The van der Waals surface area contributed by atoms with Gasteiger partial charge >= 0.3 is 5.97 Å². The molecule has 23 heavy (non-hydrogen) atoms. The summed E-state index contributed by atoms with van der Waals surface area (Å²) in [5.74, 6) is -0.346. The Morgan fingerprint density at radius 3 is 2.39 bits per heavy atom. The molecule has 0 aliphatic carbocycles. The molecule has 1 aromatic rings. The molecule has 1 N–H and O–H groups in total. The topological polar surface area (TPSA) is 60.3 Å². The fraction of sp³-hybridized carbons (Fsp3) is 0.706. The zero-order valence-corrected chi connectivity index (χ0v) is 16.3. The van der Waals surface area contributed by atoms with Gasteiger partial charge in [-0.2, -0.15) is 0 Å². The van der Waals surface area contributed by atoms with Crippen LogP contribution in [0.4, 0.5) is 0 Å². The molecule has 1 rings (SSSR count). The van der Waals surface area contributed by atoms with Crippen LogP contribution in [0.2, 0.25) is 0 Å². The number of rotatable bonds is 6. The Morgan fingerprint density at radius 2 is 1.91 bits per heavy atom. The van der Waals surface area contributed by atoms with Gasteiger partial charge in [-0.25, -0.2) is 13.7 Å². The molecule has 0 aromatic carbocycles. The van der Waals surface area contributed by atoms with Crippen molar-refractivity contribution in [1.82, 2.24) is 9.29 Å². The SMILES string of the molecule is CCC(C)(C)[S@](=O)N[C@H](C)c1cc(C(=O)OC(C)(C)C)cn1C. The fourth-order valence-corrected chi connectivity index (χ4v) is 3.00. The molecule has 132 valence electrons. The zero-order valence-electron chi connectivity index (χ0n) is 15.5. The third-order valence-electron chi connectivity index (χ3n) is 3.76. The first-order valence-electron chi connectivity index (χ1n) is 7.95. The number of nitrogens with zero attached hydrogens (tertiary/aromatic N) is 1. The van der Waals surface area contributed by atoms with Gasteiger partial charge in [-0.05, 0) is 54.0 Å². The maximum Gasteiger partial charge on any atom is 0.340 e. The molecule has 0 fully saturated rings. The number of ether oxygens (including phenoxy) is 1. The lowest BCUT2D eigenvalue weighted by atomic mass is 10.1. The second-order valence-corrected chi connectivity index (χ2v) is 9.37. The molecule has 0 saturated heterocycles. The Morgan fingerprint density at radius 1 is 1.35 bits per heavy atom. The van der Waals surface area contributed by atoms with Crippen LogP contribution in [0.15, 0.2) is 12.3 Å². The van der Waals surface area contributed by atoms with E-state index in [9.17, 15) is 9.00 Å². The quantitative estimate of drug-likeness (QED) is 0.805. The van der Waals surface area contributed by atoms with E-state index < -0.39 is 16.6 Å². The van der Waals surface area contributed by atoms with Gasteiger partial charge in [0.1, 0.15) is 5.60 Å². The summed E-state index contributed by atoms with van der Waals surface area (Å²) < 4.78 is 22.5. The highest BCUT2D eigenvalue weighted by Gasteiger charge is 2.27. The van der Waals surface area contributed by atoms with E-state index >= 15 is 0 Å². The second kappa shape index (κ2) is 7.18. The van der Waals surface area contributed by atoms with E-state index in [4.69, 9.17) is 4.74 Å². The number of hydrogen-bond donors (Lipinski definition) is 1. The summed E-state index contributed by atoms with van der Waals surface area (Å²) in [7, 11) is 0.704. The summed E-state index contributed by atoms with van der Waals surface area (Å²) in [4.78, 5) is 12.2. The number of carbonyl (C=O) groups excluding carboxylic acids is 1. The van der Waals surface area contributed by atoms with Crippen LogP contribution in [-0.4, -0.2) is 25.1 Å². The van der Waals surface area contributed by atoms with Gasteiger partial charge in [0.2, 0.25) is 0 Å². The number of aromatic nitrogens is 1. The predicted molar refractivity (Wildman–Crippen MR) is 94.6 cm³/mol. The van der Waals surface area contributed by atoms with Gasteiger partial charge in [0.25, 0.3) is 0 Å². The van der Waals surface area contributed by atoms with Gasteiger partial charge in [-0.1, -0.05) is 6.92 Å². The lowest BCUT2D eigenvalue weighted by Crippen LogP contribution is -2.37. The Hall–Kier alpha value is -1.14. The van der Waals surface area contributed by atoms with Gasteiger partial charge in [0, 0.05) is 18.9 Å². The molecule has 1 heterocycles. The summed E-state index contributed by atoms with van der Waals surface area (Å²) in [6, 6.07) is 1.66. The van der Waals surface area contributed by atoms with Crippen molar-refractivity contribution in [3.63, 3.8) is 0 Å². The Kier molecular flexibility index (Phi) is 6.21. The van der Waals surface area contributed by atoms with E-state index in [1.54, 1.807) is 12.3 Å². The summed E-state index contributed by atoms with van der Waals surface area (Å²) in [6.07, 6.45) is 2.56. The van der Waals surface area contributed by atoms with Crippen LogP contribution in [0, 0.1) is 0 Å². The first kappa shape index (κ1) is 19.9. The van der Waals surface area contributed by atoms with Crippen LogP contribution < -0.4 is 4.72 Å². The van der Waals surface area contributed by atoms with Crippen molar-refractivity contribution >= 4 is 17.0 Å². The van der Waals surface area contributed by atoms with Gasteiger partial charge in [0.05, 0.1) is 27.3 Å². The van der Waals surface area contributed by atoms with Gasteiger partial charge in [0.15, 0.2) is 0 Å². The molecule has 6 heteroatoms. The number of hydrogen-bond acceptors (Lipinski definition) is 3. The highest BCUT2D eigenvalue weighted by atomic mass is 32.2. The minimum Gasteiger partial charge on any atom is -0.456 e. The zero-order chi connectivity index (χ0) is 18.0. The van der Waals surface area contributed by atoms with Crippen molar-refractivity contribution in [3.8, 4) is 0 Å². The van der Waals surface area contributed by atoms with Crippen LogP contribution in [0.25, 0.3) is 0 Å². The van der Waals surface area contributed by atoms with E-state index in [1.807, 2.05) is 60.1 Å². The molecule has 0 amide bonds. The van der Waals surface area contributed by atoms with Crippen LogP contribution in [0.1, 0.15) is 77.0 Å². The van der Waals surface area contributed by atoms with Crippen LogP contribution in [0.5, 0.6) is 0 Å². The Bertz CT molecular complexity index is 585. The molecule has 0 saturated carbocycles. The first-order chi connectivity index (χ1) is 10.4. The van der Waals surface area contributed by atoms with Gasteiger partial charge in [-0.3, -0.25) is 0 Å². The first-order valence-corrected chi connectivity index (χ1v) is 9.10. The smallest absolute Gasteiger partial charge is 0.340 e. The highest BCUT2D eigenvalue weighted by molar-refractivity contribution is 7.84. The monoisotopic (exact) mass is 342 g/mol. The minimum atomic E-state index is -1.17. The lowest BCUT2D eigenvalue weighted by Gasteiger charge is -2.25. The van der Waals surface area contributed by atoms with Gasteiger partial charge < -0.3 is 9.30 Å². The summed E-state index contributed by atoms with van der Waals surface area (Å²) in [5.41, 5.74) is 0.876. The van der Waals surface area contributed by atoms with Gasteiger partial charge in [-0.15, -0.1) is 0 Å². The summed E-state index contributed by atoms with van der Waals surface area (Å²) in [5, 5.41) is 0. The standard InChI is InChI=1S/C17H30N2O3S/c1-9-17(6,7)23(21)18-12(2)14-10-13(11-19(14)8)15(20)22-16(3,4)5/h10-12,18H,9H2,1-8H3/t12-,23+/m1/s1. The van der Waals surface area contributed by atoms with E-state index in [1.165, 1.54) is 0 Å². The van der Waals surface area contributed by atoms with E-state index in [2.05, 4.69) is 4.72 Å². The average molecular weight is 343 g/mol. The van der Waals surface area contributed by atoms with Crippen molar-refractivity contribution in [1.29, 1.82) is 0 Å². The normalized spacial score (nSPS) is 15.3. The molecule has 0 unspecified atom stereocenters. The number of carbonyl (C=O) groups is 1. The lowest BCUT2D eigenvalue weighted by molar-refractivity contribution is 0.00695. The van der Waals surface area contributed by atoms with Crippen LogP contribution >= 0.6 is 0 Å². The molecule has 0 radical (unpaired) electrons. The van der Waals surface area contributed by atoms with E-state index in [-0.39, 0.29) is 16.8 Å². The van der Waals surface area contributed by atoms with Crippen molar-refractivity contribution in [2.45, 2.75) is 71.3 Å². The van der Waals surface area contributed by atoms with Crippen molar-refractivity contribution in [2.75, 3.05) is 0 Å². The van der Waals surface area contributed by atoms with Crippen molar-refractivity contribution in [3.05, 3.63) is 23.5 Å². The van der Waals surface area contributed by atoms with Crippen LogP contribution in [-0.2, 0) is 22.8 Å². The number of esters is 1. The minimum absolute atomic E-state index is 0.136. The third kappa shape index (κ3) is 5.46. The average Bonchev–Trinajstić information content (AvgIpc) is 2.79. The molecule has 0 spiro atoms. The predicted octanol–water partition coefficient (Wildman–Crippen LogP) is 3.48. The summed E-state index contributed by atoms with van der Waals surface area (Å²) in [6.45, 7) is 13.4. The Labute approximate surface area is 142 Å². The molecular formula is C17H30N2O3S. The highest BCUT2D eigenvalue weighted by Crippen LogP contribution is 2.22. The number of aryl methyl sites for hydroxylation is 1. The molecular weight excluding hydrogens is 312 g/mol. The van der Waals surface area contributed by atoms with Crippen LogP contribution in [0.3, 0.4) is 0 Å². The fourth-order valence-electron chi connectivity index (χ4n) is 1.97. The maximum absolute atomic E-state index is 12.4. The summed E-state index contributed by atoms with van der Waals surface area (Å²) >= 11 is 0. The molecule has 2 atom stereocenters. The molecule has 5 nitrogen and oxygen atoms in total. The van der Waals surface area contributed by atoms with Crippen molar-refractivity contribution < 1.29 is 13.7 Å². The third-order valence-corrected chi connectivity index (χ3v) is 5.62. The molecule has 0 aliphatic heterocycles. The Balaban J connectivity index is 2.90. The molecule has 0 aliphatic rings. The second-order valence-electron chi connectivity index (χ2n) is 7.49. The van der Waals surface area contributed by atoms with E-state index in [0.717, 1.165) is 12.1 Å². The molecule has 1 aromatic heterocycles. The van der Waals surface area contributed by atoms with E-state index in [0.29, 0.717) is 5.56 Å². The van der Waals surface area contributed by atoms with Crippen molar-refractivity contribution in [2.24, 2.45) is 7.05 Å².